The molecule has 3 aliphatic rings. The van der Waals surface area contributed by atoms with Gasteiger partial charge in [0.05, 0.1) is 26.4 Å². The van der Waals surface area contributed by atoms with E-state index in [4.69, 9.17) is 18.9 Å². The fraction of sp³-hybridized carbons (Fsp3) is 0.481. The topological polar surface area (TPSA) is 100 Å². The molecule has 328 valence electrons. The molecule has 7 heterocycles. The summed E-state index contributed by atoms with van der Waals surface area (Å²) in [6.07, 6.45) is 11.7. The first-order chi connectivity index (χ1) is 29.9. The van der Waals surface area contributed by atoms with Gasteiger partial charge < -0.3 is 38.9 Å². The number of benzene rings is 2. The standard InChI is InChI=1S/C54H68N4O4/c1-37-31-39-35-40(32-37)60-28-12-8-24-52(4)44-16-15-43(55-44)51(3,23-7-11-27-59-39)47-19-21-49(57-47)53(5)25-9-13-29-61-41-33-38(2)34-42(36-41)62-30-14-10-26-54(6,46-18-17-45(53)56-46)50-22-20-48(52)58-50/h15-22,31-36,55-58H,7-14,23-30H2,1-6H3. The molecule has 0 radical (unpaired) electrons. The van der Waals surface area contributed by atoms with Gasteiger partial charge in [0.15, 0.2) is 0 Å². The van der Waals surface area contributed by atoms with Crippen molar-refractivity contribution in [1.29, 1.82) is 0 Å². The number of aromatic amines is 4. The molecule has 16 bridgehead atoms. The lowest BCUT2D eigenvalue weighted by Gasteiger charge is -2.33. The van der Waals surface area contributed by atoms with E-state index in [9.17, 15) is 0 Å². The van der Waals surface area contributed by atoms with Crippen molar-refractivity contribution in [2.24, 2.45) is 0 Å². The van der Waals surface area contributed by atoms with E-state index in [0.29, 0.717) is 26.4 Å². The van der Waals surface area contributed by atoms with Crippen LogP contribution in [0.1, 0.15) is 161 Å². The molecule has 6 aromatic rings. The van der Waals surface area contributed by atoms with Crippen molar-refractivity contribution >= 4 is 0 Å². The average molecular weight is 837 g/mol. The highest BCUT2D eigenvalue weighted by atomic mass is 16.5. The zero-order valence-electron chi connectivity index (χ0n) is 38.0. The zero-order valence-corrected chi connectivity index (χ0v) is 38.0. The number of aromatic nitrogens is 4. The molecule has 8 heteroatoms. The van der Waals surface area contributed by atoms with Gasteiger partial charge in [-0.05, 0) is 203 Å². The van der Waals surface area contributed by atoms with Crippen LogP contribution in [0.3, 0.4) is 0 Å². The minimum Gasteiger partial charge on any atom is -0.493 e. The molecular formula is C54H68N4O4. The van der Waals surface area contributed by atoms with Gasteiger partial charge in [-0.1, -0.05) is 0 Å². The Kier molecular flexibility index (Phi) is 11.6. The minimum atomic E-state index is -0.291. The molecule has 0 spiro atoms. The Bertz CT molecular complexity index is 2150. The third-order valence-corrected chi connectivity index (χ3v) is 14.9. The molecule has 0 saturated carbocycles. The highest BCUT2D eigenvalue weighted by Gasteiger charge is 2.41. The van der Waals surface area contributed by atoms with Gasteiger partial charge in [-0.2, -0.15) is 0 Å². The molecule has 0 unspecified atom stereocenters. The Hall–Kier alpha value is -5.24. The van der Waals surface area contributed by atoms with Crippen LogP contribution in [0.5, 0.6) is 23.0 Å². The van der Waals surface area contributed by atoms with Crippen LogP contribution in [0.15, 0.2) is 84.9 Å². The van der Waals surface area contributed by atoms with Gasteiger partial charge >= 0.3 is 0 Å². The first-order valence-corrected chi connectivity index (χ1v) is 23.5. The van der Waals surface area contributed by atoms with Crippen LogP contribution in [-0.4, -0.2) is 46.4 Å². The monoisotopic (exact) mass is 837 g/mol. The summed E-state index contributed by atoms with van der Waals surface area (Å²) in [7, 11) is 0. The molecule has 0 amide bonds. The third-order valence-electron chi connectivity index (χ3n) is 14.9. The molecule has 4 aromatic heterocycles. The second-order valence-electron chi connectivity index (χ2n) is 19.7. The van der Waals surface area contributed by atoms with Crippen molar-refractivity contribution < 1.29 is 18.9 Å². The smallest absolute Gasteiger partial charge is 0.123 e. The Morgan fingerprint density at radius 1 is 0.323 bits per heavy atom. The first-order valence-electron chi connectivity index (χ1n) is 23.5. The van der Waals surface area contributed by atoms with Crippen LogP contribution in [0, 0.1) is 13.8 Å². The summed E-state index contributed by atoms with van der Waals surface area (Å²) >= 11 is 0. The fourth-order valence-corrected chi connectivity index (χ4v) is 10.7. The van der Waals surface area contributed by atoms with Gasteiger partial charge in [-0.15, -0.1) is 0 Å². The van der Waals surface area contributed by atoms with Crippen molar-refractivity contribution in [2.45, 2.75) is 140 Å². The number of nitrogens with one attached hydrogen (secondary N) is 4. The Labute approximate surface area is 368 Å². The molecular weight excluding hydrogens is 769 g/mol. The normalized spacial score (nSPS) is 26.3. The van der Waals surface area contributed by atoms with Gasteiger partial charge in [-0.25, -0.2) is 0 Å². The molecule has 0 fully saturated rings. The molecule has 2 aromatic carbocycles. The lowest BCUT2D eigenvalue weighted by atomic mass is 9.78. The lowest BCUT2D eigenvalue weighted by molar-refractivity contribution is 0.283. The molecule has 3 aliphatic heterocycles. The van der Waals surface area contributed by atoms with Crippen molar-refractivity contribution in [3.05, 3.63) is 142 Å². The molecule has 62 heavy (non-hydrogen) atoms. The van der Waals surface area contributed by atoms with Crippen LogP contribution in [0.2, 0.25) is 0 Å². The maximum atomic E-state index is 6.36. The number of ether oxygens (including phenoxy) is 4. The third kappa shape index (κ3) is 8.22. The van der Waals surface area contributed by atoms with Crippen LogP contribution in [0.4, 0.5) is 0 Å². The number of hydrogen-bond acceptors (Lipinski definition) is 4. The molecule has 8 nitrogen and oxygen atoms in total. The van der Waals surface area contributed by atoms with E-state index in [1.807, 2.05) is 0 Å². The van der Waals surface area contributed by atoms with E-state index in [0.717, 1.165) is 111 Å². The SMILES string of the molecule is Cc1cc2cc(c1)OCCCCC1(C)c3ccc([nH]3)C(C)(CCCCO2)c2ccc([nH]2)C2(C)CCCCOc3cc(C)cc(c3)OCCCCC(C)(c3ccc2[nH]3)c2ccc1[nH]2. The Balaban J connectivity index is 1.16. The summed E-state index contributed by atoms with van der Waals surface area (Å²) in [5.74, 6) is 3.54. The quantitative estimate of drug-likeness (QED) is 0.122. The summed E-state index contributed by atoms with van der Waals surface area (Å²) in [4.78, 5) is 16.5. The van der Waals surface area contributed by atoms with Crippen molar-refractivity contribution in [3.63, 3.8) is 0 Å². The van der Waals surface area contributed by atoms with E-state index >= 15 is 0 Å². The summed E-state index contributed by atoms with van der Waals surface area (Å²) in [6, 6.07) is 31.5. The van der Waals surface area contributed by atoms with E-state index in [2.05, 4.69) is 146 Å². The largest absolute Gasteiger partial charge is 0.493 e. The number of aryl methyl sites for hydroxylation is 2. The van der Waals surface area contributed by atoms with Gasteiger partial charge in [0.2, 0.25) is 0 Å². The molecule has 0 saturated heterocycles. The van der Waals surface area contributed by atoms with Crippen LogP contribution in [-0.2, 0) is 21.7 Å². The van der Waals surface area contributed by atoms with Gasteiger partial charge in [0.1, 0.15) is 23.0 Å². The van der Waals surface area contributed by atoms with Crippen LogP contribution < -0.4 is 18.9 Å². The second kappa shape index (κ2) is 17.1. The minimum absolute atomic E-state index is 0.291. The summed E-state index contributed by atoms with van der Waals surface area (Å²) in [6.45, 7) is 16.6. The highest BCUT2D eigenvalue weighted by molar-refractivity contribution is 5.45. The van der Waals surface area contributed by atoms with Gasteiger partial charge in [-0.3, -0.25) is 0 Å². The van der Waals surface area contributed by atoms with Crippen molar-refractivity contribution in [3.8, 4) is 23.0 Å². The molecule has 0 atom stereocenters. The average Bonchev–Trinajstić information content (AvgIpc) is 4.09. The van der Waals surface area contributed by atoms with Crippen LogP contribution in [0.25, 0.3) is 0 Å². The predicted molar refractivity (Wildman–Crippen MR) is 249 cm³/mol. The lowest BCUT2D eigenvalue weighted by Crippen LogP contribution is -2.30. The number of rotatable bonds is 0. The predicted octanol–water partition coefficient (Wildman–Crippen LogP) is 12.8. The fourth-order valence-electron chi connectivity index (χ4n) is 10.7. The number of hydrogen-bond donors (Lipinski definition) is 4. The summed E-state index contributed by atoms with van der Waals surface area (Å²) in [5, 5.41) is 0. The van der Waals surface area contributed by atoms with Gasteiger partial charge in [0, 0.05) is 79.3 Å². The van der Waals surface area contributed by atoms with Crippen molar-refractivity contribution in [1.82, 2.24) is 19.9 Å². The highest BCUT2D eigenvalue weighted by Crippen LogP contribution is 2.46. The van der Waals surface area contributed by atoms with E-state index < -0.39 is 0 Å². The Morgan fingerprint density at radius 2 is 0.532 bits per heavy atom. The van der Waals surface area contributed by atoms with Gasteiger partial charge in [0.25, 0.3) is 0 Å². The Morgan fingerprint density at radius 3 is 0.742 bits per heavy atom. The number of H-pyrrole nitrogens is 4. The summed E-state index contributed by atoms with van der Waals surface area (Å²) < 4.78 is 25.4. The van der Waals surface area contributed by atoms with Crippen molar-refractivity contribution in [2.75, 3.05) is 26.4 Å². The summed E-state index contributed by atoms with van der Waals surface area (Å²) in [5.41, 5.74) is 11.1. The van der Waals surface area contributed by atoms with E-state index in [-0.39, 0.29) is 21.7 Å². The van der Waals surface area contributed by atoms with E-state index in [1.54, 1.807) is 0 Å². The maximum absolute atomic E-state index is 6.36. The molecule has 9 rings (SSSR count). The van der Waals surface area contributed by atoms with Crippen LogP contribution >= 0.6 is 0 Å². The second-order valence-corrected chi connectivity index (χ2v) is 19.7. The molecule has 0 aliphatic carbocycles. The maximum Gasteiger partial charge on any atom is 0.123 e. The first kappa shape index (κ1) is 42.1. The van der Waals surface area contributed by atoms with E-state index in [1.165, 1.54) is 45.6 Å². The molecule has 4 N–H and O–H groups in total. The number of fused-ring (bicyclic) bond motifs is 12. The zero-order chi connectivity index (χ0) is 43.0.